The molecule has 0 saturated carbocycles. The number of hydrogen-bond acceptors (Lipinski definition) is 1. The van der Waals surface area contributed by atoms with E-state index in [4.69, 9.17) is 5.11 Å². The predicted octanol–water partition coefficient (Wildman–Crippen LogP) is 3.39. The first-order valence-corrected chi connectivity index (χ1v) is 5.48. The van der Waals surface area contributed by atoms with Gasteiger partial charge in [0.05, 0.1) is 0 Å². The van der Waals surface area contributed by atoms with E-state index in [0.717, 1.165) is 6.42 Å². The summed E-state index contributed by atoms with van der Waals surface area (Å²) in [5.74, 6) is 1.17. The molecule has 0 saturated heterocycles. The molecule has 0 fully saturated rings. The van der Waals surface area contributed by atoms with Crippen molar-refractivity contribution in [1.82, 2.24) is 0 Å². The van der Waals surface area contributed by atoms with Crippen molar-refractivity contribution in [3.8, 4) is 0 Å². The summed E-state index contributed by atoms with van der Waals surface area (Å²) >= 11 is 0. The highest BCUT2D eigenvalue weighted by Crippen LogP contribution is 2.21. The summed E-state index contributed by atoms with van der Waals surface area (Å²) in [5.41, 5.74) is 0. The first-order chi connectivity index (χ1) is 6.26. The maximum absolute atomic E-state index is 9.02. The van der Waals surface area contributed by atoms with Crippen molar-refractivity contribution in [3.63, 3.8) is 0 Å². The molecule has 78 valence electrons. The van der Waals surface area contributed by atoms with Gasteiger partial charge in [0.1, 0.15) is 0 Å². The zero-order valence-electron chi connectivity index (χ0n) is 9.13. The first-order valence-electron chi connectivity index (χ1n) is 5.48. The van der Waals surface area contributed by atoms with E-state index in [1.807, 2.05) is 6.08 Å². The molecule has 1 N–H and O–H groups in total. The summed E-state index contributed by atoms with van der Waals surface area (Å²) in [4.78, 5) is 0. The number of allylic oxidation sites excluding steroid dienone is 1. The maximum Gasteiger partial charge on any atom is 0.0459 e. The van der Waals surface area contributed by atoms with Crippen molar-refractivity contribution in [1.29, 1.82) is 0 Å². The number of hydrogen-bond donors (Lipinski definition) is 1. The lowest BCUT2D eigenvalue weighted by molar-refractivity contribution is 0.177. The molecule has 0 bridgehead atoms. The molecule has 0 aromatic carbocycles. The van der Waals surface area contributed by atoms with Crippen molar-refractivity contribution in [2.24, 2.45) is 11.8 Å². The van der Waals surface area contributed by atoms with Gasteiger partial charge in [-0.1, -0.05) is 39.2 Å². The molecule has 1 heteroatoms. The van der Waals surface area contributed by atoms with Gasteiger partial charge in [-0.05, 0) is 24.7 Å². The van der Waals surface area contributed by atoms with E-state index in [9.17, 15) is 0 Å². The fraction of sp³-hybridized carbons (Fsp3) is 0.833. The Kier molecular flexibility index (Phi) is 8.11. The van der Waals surface area contributed by atoms with Crippen LogP contribution in [-0.4, -0.2) is 11.7 Å². The van der Waals surface area contributed by atoms with Crippen LogP contribution >= 0.6 is 0 Å². The maximum atomic E-state index is 9.02. The minimum atomic E-state index is 0.333. The summed E-state index contributed by atoms with van der Waals surface area (Å²) < 4.78 is 0. The molecule has 0 aliphatic carbocycles. The van der Waals surface area contributed by atoms with Crippen LogP contribution in [0.5, 0.6) is 0 Å². The van der Waals surface area contributed by atoms with Gasteiger partial charge in [0.2, 0.25) is 0 Å². The largest absolute Gasteiger partial charge is 0.396 e. The lowest BCUT2D eigenvalue weighted by atomic mass is 9.87. The molecule has 2 atom stereocenters. The number of rotatable bonds is 8. The molecule has 0 amide bonds. The average molecular weight is 184 g/mol. The third-order valence-corrected chi connectivity index (χ3v) is 2.85. The smallest absolute Gasteiger partial charge is 0.0459 e. The highest BCUT2D eigenvalue weighted by molar-refractivity contribution is 4.68. The third kappa shape index (κ3) is 5.87. The molecule has 0 spiro atoms. The molecule has 2 unspecified atom stereocenters. The Hall–Kier alpha value is -0.300. The molecule has 0 aliphatic heterocycles. The van der Waals surface area contributed by atoms with Crippen LogP contribution in [0, 0.1) is 11.8 Å². The van der Waals surface area contributed by atoms with Crippen LogP contribution in [0.4, 0.5) is 0 Å². The van der Waals surface area contributed by atoms with Crippen LogP contribution in [0.2, 0.25) is 0 Å². The van der Waals surface area contributed by atoms with E-state index in [2.05, 4.69) is 20.4 Å². The minimum Gasteiger partial charge on any atom is -0.396 e. The number of aliphatic hydroxyl groups is 1. The molecule has 0 radical (unpaired) electrons. The highest BCUT2D eigenvalue weighted by Gasteiger charge is 2.13. The van der Waals surface area contributed by atoms with Crippen molar-refractivity contribution >= 4 is 0 Å². The van der Waals surface area contributed by atoms with Crippen molar-refractivity contribution in [3.05, 3.63) is 12.7 Å². The van der Waals surface area contributed by atoms with E-state index in [0.29, 0.717) is 18.4 Å². The molecule has 1 nitrogen and oxygen atoms in total. The quantitative estimate of drug-likeness (QED) is 0.453. The summed E-state index contributed by atoms with van der Waals surface area (Å²) in [6, 6.07) is 0. The second-order valence-electron chi connectivity index (χ2n) is 3.90. The topological polar surface area (TPSA) is 20.2 Å². The molecule has 0 rings (SSSR count). The van der Waals surface area contributed by atoms with Gasteiger partial charge < -0.3 is 5.11 Å². The van der Waals surface area contributed by atoms with Gasteiger partial charge >= 0.3 is 0 Å². The van der Waals surface area contributed by atoms with Crippen molar-refractivity contribution < 1.29 is 5.11 Å². The van der Waals surface area contributed by atoms with Crippen LogP contribution in [0.15, 0.2) is 12.7 Å². The summed E-state index contributed by atoms with van der Waals surface area (Å²) in [6.45, 7) is 8.40. The van der Waals surface area contributed by atoms with Crippen LogP contribution in [0.1, 0.15) is 46.0 Å². The predicted molar refractivity (Wildman–Crippen MR) is 58.7 cm³/mol. The minimum absolute atomic E-state index is 0.333. The van der Waals surface area contributed by atoms with Gasteiger partial charge in [-0.15, -0.1) is 6.58 Å². The number of aliphatic hydroxyl groups excluding tert-OH is 1. The van der Waals surface area contributed by atoms with Crippen LogP contribution in [0.3, 0.4) is 0 Å². The number of unbranched alkanes of at least 4 members (excludes halogenated alkanes) is 2. The first kappa shape index (κ1) is 12.7. The van der Waals surface area contributed by atoms with Crippen molar-refractivity contribution in [2.75, 3.05) is 6.61 Å². The second kappa shape index (κ2) is 8.31. The molecule has 0 aromatic rings. The fourth-order valence-electron chi connectivity index (χ4n) is 1.74. The standard InChI is InChI=1S/C12H24O/c1-4-6-7-8-9-12(5-2)11(3)10-13/h4,11-13H,1,5-10H2,2-3H3. The Labute approximate surface area is 82.9 Å². The highest BCUT2D eigenvalue weighted by atomic mass is 16.3. The molecular formula is C12H24O. The van der Waals surface area contributed by atoms with E-state index in [-0.39, 0.29) is 0 Å². The monoisotopic (exact) mass is 184 g/mol. The van der Waals surface area contributed by atoms with E-state index in [1.54, 1.807) is 0 Å². The Morgan fingerprint density at radius 1 is 1.38 bits per heavy atom. The third-order valence-electron chi connectivity index (χ3n) is 2.85. The Bertz CT molecular complexity index is 120. The Balaban J connectivity index is 3.52. The van der Waals surface area contributed by atoms with Crippen LogP contribution in [-0.2, 0) is 0 Å². The van der Waals surface area contributed by atoms with Gasteiger partial charge in [0, 0.05) is 6.61 Å². The van der Waals surface area contributed by atoms with Gasteiger partial charge in [0.15, 0.2) is 0 Å². The van der Waals surface area contributed by atoms with E-state index in [1.165, 1.54) is 25.7 Å². The van der Waals surface area contributed by atoms with E-state index < -0.39 is 0 Å². The molecule has 0 heterocycles. The summed E-state index contributed by atoms with van der Waals surface area (Å²) in [7, 11) is 0. The zero-order chi connectivity index (χ0) is 10.1. The van der Waals surface area contributed by atoms with Gasteiger partial charge in [-0.2, -0.15) is 0 Å². The van der Waals surface area contributed by atoms with Crippen LogP contribution in [0.25, 0.3) is 0 Å². The average Bonchev–Trinajstić information content (AvgIpc) is 2.17. The summed E-state index contributed by atoms with van der Waals surface area (Å²) in [6.07, 6.45) is 8.08. The second-order valence-corrected chi connectivity index (χ2v) is 3.90. The van der Waals surface area contributed by atoms with Crippen LogP contribution < -0.4 is 0 Å². The zero-order valence-corrected chi connectivity index (χ0v) is 9.13. The lowest BCUT2D eigenvalue weighted by Crippen LogP contribution is -2.14. The van der Waals surface area contributed by atoms with Gasteiger partial charge in [-0.3, -0.25) is 0 Å². The Morgan fingerprint density at radius 2 is 2.08 bits per heavy atom. The molecule has 13 heavy (non-hydrogen) atoms. The van der Waals surface area contributed by atoms with Crippen molar-refractivity contribution in [2.45, 2.75) is 46.0 Å². The van der Waals surface area contributed by atoms with Gasteiger partial charge in [-0.25, -0.2) is 0 Å². The molecular weight excluding hydrogens is 160 g/mol. The summed E-state index contributed by atoms with van der Waals surface area (Å²) in [5, 5.41) is 9.02. The molecule has 0 aliphatic rings. The Morgan fingerprint density at radius 3 is 2.54 bits per heavy atom. The lowest BCUT2D eigenvalue weighted by Gasteiger charge is -2.20. The van der Waals surface area contributed by atoms with Gasteiger partial charge in [0.25, 0.3) is 0 Å². The SMILES string of the molecule is C=CCCCCC(CC)C(C)CO. The fourth-order valence-corrected chi connectivity index (χ4v) is 1.74. The molecule has 0 aromatic heterocycles. The normalized spacial score (nSPS) is 15.3. The van der Waals surface area contributed by atoms with E-state index >= 15 is 0 Å².